The molecule has 3 aromatic carbocycles. The van der Waals surface area contributed by atoms with E-state index in [0.717, 1.165) is 12.1 Å². The number of β-amino-alcohol motifs (C(OH)–C–C–N with tert-alkyl or cyclic N) is 1. The number of ether oxygens (including phenoxy) is 1. The van der Waals surface area contributed by atoms with Crippen LogP contribution in [0.4, 0.5) is 23.2 Å². The molecule has 0 radical (unpaired) electrons. The van der Waals surface area contributed by atoms with Gasteiger partial charge in [-0.05, 0) is 72.9 Å². The van der Waals surface area contributed by atoms with Crippen LogP contribution in [0.1, 0.15) is 48.2 Å². The number of aromatic nitrogens is 2. The van der Waals surface area contributed by atoms with E-state index >= 15 is 0 Å². The number of aryl methyl sites for hydroxylation is 1. The minimum atomic E-state index is -5.06. The summed E-state index contributed by atoms with van der Waals surface area (Å²) >= 11 is 0. The number of nitrogens with one attached hydrogen (secondary N) is 1. The molecule has 2 amide bonds. The van der Waals surface area contributed by atoms with Crippen LogP contribution in [0.2, 0.25) is 0 Å². The molecule has 2 heterocycles. The topological polar surface area (TPSA) is 143 Å². The van der Waals surface area contributed by atoms with Gasteiger partial charge in [0.2, 0.25) is 5.91 Å². The third kappa shape index (κ3) is 6.67. The lowest BCUT2D eigenvalue weighted by atomic mass is 9.74. The van der Waals surface area contributed by atoms with Crippen molar-refractivity contribution in [2.75, 3.05) is 25.5 Å². The van der Waals surface area contributed by atoms with E-state index in [2.05, 4.69) is 10.4 Å². The van der Waals surface area contributed by atoms with Crippen molar-refractivity contribution in [2.24, 2.45) is 5.73 Å². The van der Waals surface area contributed by atoms with Crippen molar-refractivity contribution in [1.29, 1.82) is 0 Å². The molecule has 1 aliphatic heterocycles. The molecule has 0 spiro atoms. The Labute approximate surface area is 274 Å². The van der Waals surface area contributed by atoms with E-state index in [9.17, 15) is 37.4 Å². The van der Waals surface area contributed by atoms with Crippen molar-refractivity contribution in [3.05, 3.63) is 83.3 Å². The summed E-state index contributed by atoms with van der Waals surface area (Å²) in [4.78, 5) is 26.5. The van der Waals surface area contributed by atoms with Crippen LogP contribution in [0.25, 0.3) is 16.6 Å². The van der Waals surface area contributed by atoms with Gasteiger partial charge in [0.1, 0.15) is 17.6 Å². The van der Waals surface area contributed by atoms with E-state index in [1.807, 2.05) is 0 Å². The van der Waals surface area contributed by atoms with Gasteiger partial charge in [0.15, 0.2) is 5.60 Å². The number of nitrogens with two attached hydrogens (primary N) is 1. The number of nitrogens with zero attached hydrogens (tertiary/aromatic N) is 3. The number of rotatable bonds is 10. The van der Waals surface area contributed by atoms with Gasteiger partial charge in [0.25, 0.3) is 5.91 Å². The lowest BCUT2D eigenvalue weighted by molar-refractivity contribution is -0.260. The molecule has 0 aliphatic carbocycles. The Bertz CT molecular complexity index is 1860. The Morgan fingerprint density at radius 1 is 1.12 bits per heavy atom. The highest BCUT2D eigenvalue weighted by molar-refractivity contribution is 5.98. The second-order valence-electron chi connectivity index (χ2n) is 12.9. The number of carbonyl (C=O) groups is 2. The smallest absolute Gasteiger partial charge is 0.418 e. The number of benzene rings is 3. The van der Waals surface area contributed by atoms with E-state index in [0.29, 0.717) is 22.2 Å². The van der Waals surface area contributed by atoms with Gasteiger partial charge in [-0.15, -0.1) is 0 Å². The van der Waals surface area contributed by atoms with Crippen LogP contribution in [0, 0.1) is 12.7 Å². The summed E-state index contributed by atoms with van der Waals surface area (Å²) in [5.74, 6) is -1.67. The molecular formula is C34H37F4N5O5. The van der Waals surface area contributed by atoms with E-state index in [4.69, 9.17) is 10.5 Å². The number of hydrogen-bond acceptors (Lipinski definition) is 7. The zero-order valence-corrected chi connectivity index (χ0v) is 26.8. The molecule has 3 atom stereocenters. The lowest BCUT2D eigenvalue weighted by Gasteiger charge is -2.38. The number of anilines is 1. The molecule has 1 fully saturated rings. The third-order valence-corrected chi connectivity index (χ3v) is 8.76. The fourth-order valence-corrected chi connectivity index (χ4v) is 6.40. The number of likely N-dealkylation sites (tertiary alicyclic amines) is 1. The van der Waals surface area contributed by atoms with Gasteiger partial charge >= 0.3 is 6.18 Å². The Hall–Kier alpha value is -4.69. The molecule has 10 nitrogen and oxygen atoms in total. The van der Waals surface area contributed by atoms with E-state index in [-0.39, 0.29) is 35.5 Å². The molecule has 48 heavy (non-hydrogen) atoms. The van der Waals surface area contributed by atoms with E-state index in [1.165, 1.54) is 42.8 Å². The zero-order chi connectivity index (χ0) is 35.2. The Morgan fingerprint density at radius 3 is 2.52 bits per heavy atom. The third-order valence-electron chi connectivity index (χ3n) is 8.76. The minimum absolute atomic E-state index is 0.0412. The maximum absolute atomic E-state index is 14.6. The van der Waals surface area contributed by atoms with Crippen molar-refractivity contribution >= 4 is 28.4 Å². The number of amides is 2. The molecular weight excluding hydrogens is 634 g/mol. The SMILES string of the molecule is COc1ccc(F)cc1C(C)(C)CC(O)(CNc1cc(C)cc2c1cnn2-c1cccc(C(=O)N2C[C@@H](O)C[C@@H]2C(N)=O)c1)C(F)(F)F. The second kappa shape index (κ2) is 12.7. The van der Waals surface area contributed by atoms with Crippen molar-refractivity contribution in [3.63, 3.8) is 0 Å². The highest BCUT2D eigenvalue weighted by atomic mass is 19.4. The number of aliphatic hydroxyl groups is 2. The summed E-state index contributed by atoms with van der Waals surface area (Å²) in [6, 6.07) is 12.5. The summed E-state index contributed by atoms with van der Waals surface area (Å²) in [6.07, 6.45) is -5.25. The first kappa shape index (κ1) is 34.6. The lowest BCUT2D eigenvalue weighted by Crippen LogP contribution is -2.53. The fraction of sp³-hybridized carbons (Fsp3) is 0.382. The van der Waals surface area contributed by atoms with Gasteiger partial charge in [0.05, 0.1) is 37.2 Å². The number of methoxy groups -OCH3 is 1. The molecule has 1 saturated heterocycles. The summed E-state index contributed by atoms with van der Waals surface area (Å²) in [7, 11) is 1.33. The second-order valence-corrected chi connectivity index (χ2v) is 12.9. The average Bonchev–Trinajstić information content (AvgIpc) is 3.62. The summed E-state index contributed by atoms with van der Waals surface area (Å²) in [5.41, 5.74) is 3.17. The molecule has 14 heteroatoms. The number of aliphatic hydroxyl groups excluding tert-OH is 1. The highest BCUT2D eigenvalue weighted by Crippen LogP contribution is 2.44. The molecule has 0 bridgehead atoms. The van der Waals surface area contributed by atoms with Crippen LogP contribution in [0.3, 0.4) is 0 Å². The standard InChI is InChI=1S/C34H37F4N5O5/c1-19-10-26(40-18-33(47,34(36,37)38)17-32(2,3)25-13-21(35)8-9-29(25)48-4)24-15-41-43(27(24)11-19)22-7-5-6-20(12-22)31(46)42-16-23(44)14-28(42)30(39)45/h5-13,15,23,28,40,44,47H,14,16-18H2,1-4H3,(H2,39,45)/t23-,28+,33?/m0/s1. The first-order valence-corrected chi connectivity index (χ1v) is 15.2. The number of hydrogen-bond donors (Lipinski definition) is 4. The Balaban J connectivity index is 1.45. The number of halogens is 4. The number of carbonyl (C=O) groups excluding carboxylic acids is 2. The molecule has 4 aromatic rings. The molecule has 256 valence electrons. The summed E-state index contributed by atoms with van der Waals surface area (Å²) in [5, 5.41) is 28.9. The number of fused-ring (bicyclic) bond motifs is 1. The van der Waals surface area contributed by atoms with Crippen LogP contribution < -0.4 is 15.8 Å². The molecule has 5 N–H and O–H groups in total. The average molecular weight is 672 g/mol. The van der Waals surface area contributed by atoms with Crippen LogP contribution >= 0.6 is 0 Å². The minimum Gasteiger partial charge on any atom is -0.496 e. The first-order valence-electron chi connectivity index (χ1n) is 15.2. The van der Waals surface area contributed by atoms with Crippen molar-refractivity contribution in [1.82, 2.24) is 14.7 Å². The van der Waals surface area contributed by atoms with E-state index in [1.54, 1.807) is 43.3 Å². The van der Waals surface area contributed by atoms with Crippen LogP contribution in [-0.2, 0) is 10.2 Å². The summed E-state index contributed by atoms with van der Waals surface area (Å²) < 4.78 is 64.6. The molecule has 5 rings (SSSR count). The van der Waals surface area contributed by atoms with Gasteiger partial charge < -0.3 is 30.9 Å². The van der Waals surface area contributed by atoms with Crippen LogP contribution in [0.5, 0.6) is 5.75 Å². The number of primary amides is 1. The quantitative estimate of drug-likeness (QED) is 0.180. The summed E-state index contributed by atoms with van der Waals surface area (Å²) in [6.45, 7) is 3.74. The van der Waals surface area contributed by atoms with Gasteiger partial charge in [-0.2, -0.15) is 18.3 Å². The predicted molar refractivity (Wildman–Crippen MR) is 171 cm³/mol. The molecule has 1 unspecified atom stereocenters. The predicted octanol–water partition coefficient (Wildman–Crippen LogP) is 4.62. The first-order chi connectivity index (χ1) is 22.4. The van der Waals surface area contributed by atoms with Gasteiger partial charge in [-0.3, -0.25) is 9.59 Å². The maximum Gasteiger partial charge on any atom is 0.418 e. The van der Waals surface area contributed by atoms with Crippen LogP contribution in [-0.4, -0.2) is 80.8 Å². The fourth-order valence-electron chi connectivity index (χ4n) is 6.40. The zero-order valence-electron chi connectivity index (χ0n) is 26.8. The normalized spacial score (nSPS) is 18.2. The largest absolute Gasteiger partial charge is 0.496 e. The van der Waals surface area contributed by atoms with Crippen LogP contribution in [0.15, 0.2) is 60.8 Å². The Morgan fingerprint density at radius 2 is 1.85 bits per heavy atom. The molecule has 1 aromatic heterocycles. The number of alkyl halides is 3. The molecule has 1 aliphatic rings. The Kier molecular flexibility index (Phi) is 9.19. The monoisotopic (exact) mass is 671 g/mol. The molecule has 0 saturated carbocycles. The van der Waals surface area contributed by atoms with Gasteiger partial charge in [0, 0.05) is 35.2 Å². The van der Waals surface area contributed by atoms with Gasteiger partial charge in [-0.1, -0.05) is 19.9 Å². The maximum atomic E-state index is 14.6. The van der Waals surface area contributed by atoms with Crippen molar-refractivity contribution in [3.8, 4) is 11.4 Å². The van der Waals surface area contributed by atoms with Gasteiger partial charge in [-0.25, -0.2) is 9.07 Å². The van der Waals surface area contributed by atoms with Crippen molar-refractivity contribution < 1.29 is 42.1 Å². The van der Waals surface area contributed by atoms with Crippen molar-refractivity contribution in [2.45, 2.75) is 63.0 Å². The van der Waals surface area contributed by atoms with E-state index < -0.39 is 59.9 Å². The highest BCUT2D eigenvalue weighted by Gasteiger charge is 2.56.